The van der Waals surface area contributed by atoms with Crippen LogP contribution < -0.4 is 5.32 Å². The van der Waals surface area contributed by atoms with E-state index in [4.69, 9.17) is 0 Å². The maximum absolute atomic E-state index is 11.8. The van der Waals surface area contributed by atoms with Crippen LogP contribution in [-0.4, -0.2) is 36.5 Å². The highest BCUT2D eigenvalue weighted by atomic mass is 16.2. The van der Waals surface area contributed by atoms with Crippen molar-refractivity contribution in [2.45, 2.75) is 39.2 Å². The van der Waals surface area contributed by atoms with Crippen molar-refractivity contribution in [2.75, 3.05) is 19.6 Å². The van der Waals surface area contributed by atoms with Gasteiger partial charge in [-0.2, -0.15) is 0 Å². The summed E-state index contributed by atoms with van der Waals surface area (Å²) in [6.07, 6.45) is 6.83. The molecule has 1 rings (SSSR count). The predicted octanol–water partition coefficient (Wildman–Crippen LogP) is 1.55. The van der Waals surface area contributed by atoms with E-state index in [1.54, 1.807) is 6.08 Å². The number of carbonyl (C=O) groups is 1. The lowest BCUT2D eigenvalue weighted by molar-refractivity contribution is -0.128. The molecule has 0 aliphatic carbocycles. The Balaban J connectivity index is 2.58. The molecule has 0 radical (unpaired) electrons. The summed E-state index contributed by atoms with van der Waals surface area (Å²) in [6, 6.07) is 0.391. The van der Waals surface area contributed by atoms with Crippen molar-refractivity contribution in [1.82, 2.24) is 10.2 Å². The van der Waals surface area contributed by atoms with Crippen LogP contribution in [0.15, 0.2) is 12.2 Å². The van der Waals surface area contributed by atoms with Gasteiger partial charge in [-0.3, -0.25) is 4.79 Å². The summed E-state index contributed by atoms with van der Waals surface area (Å²) >= 11 is 0. The van der Waals surface area contributed by atoms with Crippen molar-refractivity contribution in [3.05, 3.63) is 12.2 Å². The quantitative estimate of drug-likeness (QED) is 0.714. The lowest BCUT2D eigenvalue weighted by Crippen LogP contribution is -2.48. The number of allylic oxidation sites excluding steroid dienone is 1. The molecule has 0 saturated carbocycles. The fourth-order valence-corrected chi connectivity index (χ4v) is 2.05. The van der Waals surface area contributed by atoms with Crippen LogP contribution in [0.3, 0.4) is 0 Å². The number of carbonyl (C=O) groups excluding carboxylic acids is 1. The molecule has 1 fully saturated rings. The molecule has 86 valence electrons. The number of nitrogens with one attached hydrogen (secondary N) is 1. The Kier molecular flexibility index (Phi) is 5.40. The molecule has 1 heterocycles. The summed E-state index contributed by atoms with van der Waals surface area (Å²) in [5, 5.41) is 3.35. The average molecular weight is 210 g/mol. The largest absolute Gasteiger partial charge is 0.335 e. The van der Waals surface area contributed by atoms with Crippen molar-refractivity contribution in [1.29, 1.82) is 0 Å². The number of amides is 1. The number of piperidine rings is 1. The topological polar surface area (TPSA) is 32.3 Å². The molecule has 1 saturated heterocycles. The smallest absolute Gasteiger partial charge is 0.246 e. The monoisotopic (exact) mass is 210 g/mol. The Morgan fingerprint density at radius 3 is 2.93 bits per heavy atom. The van der Waals surface area contributed by atoms with Gasteiger partial charge in [0.2, 0.25) is 5.91 Å². The molecule has 1 aliphatic heterocycles. The number of rotatable bonds is 4. The van der Waals surface area contributed by atoms with Crippen LogP contribution in [0.5, 0.6) is 0 Å². The van der Waals surface area contributed by atoms with Gasteiger partial charge in [-0.15, -0.1) is 0 Å². The van der Waals surface area contributed by atoms with Crippen molar-refractivity contribution in [2.24, 2.45) is 0 Å². The zero-order chi connectivity index (χ0) is 11.1. The summed E-state index contributed by atoms with van der Waals surface area (Å²) in [5.74, 6) is 0.160. The minimum absolute atomic E-state index is 0.160. The molecule has 3 heteroatoms. The third kappa shape index (κ3) is 3.67. The second-order valence-electron chi connectivity index (χ2n) is 4.03. The van der Waals surface area contributed by atoms with Gasteiger partial charge in [-0.25, -0.2) is 0 Å². The third-order valence-electron chi connectivity index (χ3n) is 2.77. The molecule has 3 nitrogen and oxygen atoms in total. The van der Waals surface area contributed by atoms with Gasteiger partial charge >= 0.3 is 0 Å². The minimum Gasteiger partial charge on any atom is -0.335 e. The van der Waals surface area contributed by atoms with E-state index in [1.165, 1.54) is 6.42 Å². The highest BCUT2D eigenvalue weighted by Gasteiger charge is 2.22. The molecular formula is C12H22N2O. The van der Waals surface area contributed by atoms with E-state index in [9.17, 15) is 4.79 Å². The standard InChI is InChI=1S/C12H22N2O/c1-3-6-12(15)14(9-4-2)11-7-5-8-13-10-11/h3,6,11,13H,4-5,7-10H2,1-2H3. The lowest BCUT2D eigenvalue weighted by atomic mass is 10.1. The molecule has 1 unspecified atom stereocenters. The Morgan fingerprint density at radius 1 is 1.60 bits per heavy atom. The van der Waals surface area contributed by atoms with E-state index in [-0.39, 0.29) is 5.91 Å². The maximum atomic E-state index is 11.8. The van der Waals surface area contributed by atoms with Gasteiger partial charge in [0.1, 0.15) is 0 Å². The van der Waals surface area contributed by atoms with Crippen LogP contribution >= 0.6 is 0 Å². The van der Waals surface area contributed by atoms with E-state index < -0.39 is 0 Å². The highest BCUT2D eigenvalue weighted by Crippen LogP contribution is 2.11. The van der Waals surface area contributed by atoms with Crippen LogP contribution in [0, 0.1) is 0 Å². The second kappa shape index (κ2) is 6.62. The first kappa shape index (κ1) is 12.2. The van der Waals surface area contributed by atoms with Crippen LogP contribution in [0.4, 0.5) is 0 Å². The Labute approximate surface area is 92.5 Å². The average Bonchev–Trinajstić information content (AvgIpc) is 2.27. The molecule has 0 aromatic rings. The van der Waals surface area contributed by atoms with Gasteiger partial charge in [0.05, 0.1) is 0 Å². The van der Waals surface area contributed by atoms with E-state index in [2.05, 4.69) is 12.2 Å². The first-order chi connectivity index (χ1) is 7.29. The van der Waals surface area contributed by atoms with Gasteiger partial charge in [-0.05, 0) is 38.8 Å². The fourth-order valence-electron chi connectivity index (χ4n) is 2.05. The first-order valence-electron chi connectivity index (χ1n) is 5.93. The van der Waals surface area contributed by atoms with E-state index in [1.807, 2.05) is 17.9 Å². The second-order valence-corrected chi connectivity index (χ2v) is 4.03. The molecule has 0 bridgehead atoms. The molecule has 0 aromatic heterocycles. The highest BCUT2D eigenvalue weighted by molar-refractivity contribution is 5.87. The van der Waals surface area contributed by atoms with Crippen LogP contribution in [-0.2, 0) is 4.79 Å². The third-order valence-corrected chi connectivity index (χ3v) is 2.77. The fraction of sp³-hybridized carbons (Fsp3) is 0.750. The molecular weight excluding hydrogens is 188 g/mol. The van der Waals surface area contributed by atoms with Crippen LogP contribution in [0.25, 0.3) is 0 Å². The van der Waals surface area contributed by atoms with Crippen LogP contribution in [0.1, 0.15) is 33.1 Å². The van der Waals surface area contributed by atoms with Gasteiger partial charge in [0, 0.05) is 19.1 Å². The van der Waals surface area contributed by atoms with Gasteiger partial charge in [-0.1, -0.05) is 13.0 Å². The van der Waals surface area contributed by atoms with Crippen molar-refractivity contribution >= 4 is 5.91 Å². The van der Waals surface area contributed by atoms with Crippen molar-refractivity contribution in [3.63, 3.8) is 0 Å². The van der Waals surface area contributed by atoms with Crippen molar-refractivity contribution in [3.8, 4) is 0 Å². The molecule has 1 N–H and O–H groups in total. The summed E-state index contributed by atoms with van der Waals surface area (Å²) in [7, 11) is 0. The Morgan fingerprint density at radius 2 is 2.40 bits per heavy atom. The SMILES string of the molecule is CC=CC(=O)N(CCC)C1CCCNC1. The minimum atomic E-state index is 0.160. The summed E-state index contributed by atoms with van der Waals surface area (Å²) in [6.45, 7) is 6.92. The van der Waals surface area contributed by atoms with E-state index >= 15 is 0 Å². The zero-order valence-electron chi connectivity index (χ0n) is 9.83. The molecule has 1 atom stereocenters. The summed E-state index contributed by atoms with van der Waals surface area (Å²) in [4.78, 5) is 13.8. The number of hydrogen-bond donors (Lipinski definition) is 1. The van der Waals surface area contributed by atoms with Gasteiger partial charge in [0.15, 0.2) is 0 Å². The molecule has 1 amide bonds. The first-order valence-corrected chi connectivity index (χ1v) is 5.93. The number of hydrogen-bond acceptors (Lipinski definition) is 2. The normalized spacial score (nSPS) is 21.9. The Hall–Kier alpha value is -0.830. The van der Waals surface area contributed by atoms with Gasteiger partial charge in [0.25, 0.3) is 0 Å². The maximum Gasteiger partial charge on any atom is 0.246 e. The van der Waals surface area contributed by atoms with Crippen molar-refractivity contribution < 1.29 is 4.79 Å². The van der Waals surface area contributed by atoms with E-state index in [0.29, 0.717) is 6.04 Å². The summed E-state index contributed by atoms with van der Waals surface area (Å²) in [5.41, 5.74) is 0. The predicted molar refractivity (Wildman–Crippen MR) is 62.7 cm³/mol. The zero-order valence-corrected chi connectivity index (χ0v) is 9.83. The summed E-state index contributed by atoms with van der Waals surface area (Å²) < 4.78 is 0. The lowest BCUT2D eigenvalue weighted by Gasteiger charge is -2.34. The molecule has 15 heavy (non-hydrogen) atoms. The molecule has 0 spiro atoms. The number of nitrogens with zero attached hydrogens (tertiary/aromatic N) is 1. The van der Waals surface area contributed by atoms with E-state index in [0.717, 1.165) is 32.5 Å². The van der Waals surface area contributed by atoms with Crippen LogP contribution in [0.2, 0.25) is 0 Å². The Bertz CT molecular complexity index is 220. The molecule has 0 aromatic carbocycles. The molecule has 1 aliphatic rings. The van der Waals surface area contributed by atoms with Gasteiger partial charge < -0.3 is 10.2 Å².